The average Bonchev–Trinajstić information content (AvgIpc) is 2.59. The molecule has 2 nitrogen and oxygen atoms in total. The number of halogens is 1. The number of nitrogens with one attached hydrogen (secondary N) is 1. The molecule has 0 radical (unpaired) electrons. The molecule has 2 aromatic rings. The maximum atomic E-state index is 13.5. The zero-order chi connectivity index (χ0) is 16.6. The first kappa shape index (κ1) is 15.6. The summed E-state index contributed by atoms with van der Waals surface area (Å²) in [6, 6.07) is 15.9. The minimum Gasteiger partial charge on any atom is -0.379 e. The molecule has 0 amide bonds. The first-order valence-electron chi connectivity index (χ1n) is 8.97. The van der Waals surface area contributed by atoms with Crippen molar-refractivity contribution in [2.24, 2.45) is 0 Å². The van der Waals surface area contributed by atoms with Crippen molar-refractivity contribution in [2.45, 2.75) is 44.2 Å². The van der Waals surface area contributed by atoms with Gasteiger partial charge in [-0.3, -0.25) is 4.90 Å². The number of benzene rings is 2. The number of piperidine rings is 1. The molecule has 1 atom stereocenters. The summed E-state index contributed by atoms with van der Waals surface area (Å²) in [6.07, 6.45) is 3.41. The predicted molar refractivity (Wildman–Crippen MR) is 96.7 cm³/mol. The van der Waals surface area contributed by atoms with Gasteiger partial charge in [-0.1, -0.05) is 37.3 Å². The van der Waals surface area contributed by atoms with Gasteiger partial charge in [-0.15, -0.1) is 0 Å². The van der Waals surface area contributed by atoms with Gasteiger partial charge in [0.25, 0.3) is 0 Å². The van der Waals surface area contributed by atoms with E-state index in [-0.39, 0.29) is 11.4 Å². The van der Waals surface area contributed by atoms with Gasteiger partial charge >= 0.3 is 0 Å². The van der Waals surface area contributed by atoms with Crippen molar-refractivity contribution in [3.8, 4) is 0 Å². The van der Waals surface area contributed by atoms with Crippen molar-refractivity contribution in [1.29, 1.82) is 0 Å². The average molecular weight is 324 g/mol. The molecule has 1 N–H and O–H groups in total. The Morgan fingerprint density at radius 2 is 1.88 bits per heavy atom. The van der Waals surface area contributed by atoms with Gasteiger partial charge < -0.3 is 5.32 Å². The third kappa shape index (κ3) is 3.05. The topological polar surface area (TPSA) is 15.3 Å². The van der Waals surface area contributed by atoms with E-state index in [4.69, 9.17) is 0 Å². The molecule has 0 aromatic heterocycles. The van der Waals surface area contributed by atoms with E-state index in [1.165, 1.54) is 5.56 Å². The fourth-order valence-corrected chi connectivity index (χ4v) is 4.40. The van der Waals surface area contributed by atoms with E-state index in [2.05, 4.69) is 47.5 Å². The number of anilines is 1. The molecule has 3 heteroatoms. The number of likely N-dealkylation sites (tertiary alicyclic amines) is 1. The molecule has 0 aliphatic carbocycles. The van der Waals surface area contributed by atoms with Crippen LogP contribution < -0.4 is 5.32 Å². The van der Waals surface area contributed by atoms with Crippen LogP contribution in [0, 0.1) is 5.82 Å². The first-order chi connectivity index (χ1) is 11.6. The van der Waals surface area contributed by atoms with Crippen LogP contribution in [0.5, 0.6) is 0 Å². The fraction of sp³-hybridized carbons (Fsp3) is 0.429. The van der Waals surface area contributed by atoms with Crippen LogP contribution in [0.25, 0.3) is 0 Å². The molecule has 0 bridgehead atoms. The van der Waals surface area contributed by atoms with Gasteiger partial charge in [0.15, 0.2) is 0 Å². The smallest absolute Gasteiger partial charge is 0.123 e. The second kappa shape index (κ2) is 6.21. The molecule has 24 heavy (non-hydrogen) atoms. The third-order valence-electron chi connectivity index (χ3n) is 5.70. The zero-order valence-electron chi connectivity index (χ0n) is 14.3. The molecule has 0 saturated carbocycles. The molecule has 1 unspecified atom stereocenters. The summed E-state index contributed by atoms with van der Waals surface area (Å²) in [5, 5.41) is 3.76. The molecule has 1 saturated heterocycles. The van der Waals surface area contributed by atoms with Gasteiger partial charge in [0.05, 0.1) is 0 Å². The first-order valence-corrected chi connectivity index (χ1v) is 8.97. The fourth-order valence-electron chi connectivity index (χ4n) is 4.40. The van der Waals surface area contributed by atoms with E-state index >= 15 is 0 Å². The van der Waals surface area contributed by atoms with Crippen LogP contribution in [0.2, 0.25) is 0 Å². The Labute approximate surface area is 143 Å². The Hall–Kier alpha value is -1.87. The quantitative estimate of drug-likeness (QED) is 0.855. The summed E-state index contributed by atoms with van der Waals surface area (Å²) in [4.78, 5) is 2.55. The van der Waals surface area contributed by atoms with Crippen molar-refractivity contribution in [3.05, 3.63) is 65.5 Å². The lowest BCUT2D eigenvalue weighted by atomic mass is 9.74. The highest BCUT2D eigenvalue weighted by molar-refractivity contribution is 5.57. The summed E-state index contributed by atoms with van der Waals surface area (Å²) >= 11 is 0. The van der Waals surface area contributed by atoms with Crippen molar-refractivity contribution in [2.75, 3.05) is 18.4 Å². The van der Waals surface area contributed by atoms with Gasteiger partial charge in [0, 0.05) is 30.9 Å². The highest BCUT2D eigenvalue weighted by Gasteiger charge is 2.39. The highest BCUT2D eigenvalue weighted by atomic mass is 19.1. The SMILES string of the molecule is CC1CC2(CCN(Cc3ccccc3)CC2)Nc2ccc(F)cc21. The van der Waals surface area contributed by atoms with Gasteiger partial charge in [-0.25, -0.2) is 4.39 Å². The molecule has 2 aliphatic rings. The van der Waals surface area contributed by atoms with E-state index in [1.807, 2.05) is 6.07 Å². The van der Waals surface area contributed by atoms with Crippen LogP contribution >= 0.6 is 0 Å². The van der Waals surface area contributed by atoms with Crippen molar-refractivity contribution >= 4 is 5.69 Å². The third-order valence-corrected chi connectivity index (χ3v) is 5.70. The largest absolute Gasteiger partial charge is 0.379 e. The predicted octanol–water partition coefficient (Wildman–Crippen LogP) is 4.78. The Morgan fingerprint density at radius 1 is 1.12 bits per heavy atom. The molecule has 2 aliphatic heterocycles. The van der Waals surface area contributed by atoms with Crippen molar-refractivity contribution < 1.29 is 4.39 Å². The summed E-state index contributed by atoms with van der Waals surface area (Å²) < 4.78 is 13.5. The van der Waals surface area contributed by atoms with E-state index < -0.39 is 0 Å². The maximum absolute atomic E-state index is 13.5. The van der Waals surface area contributed by atoms with Gasteiger partial charge in [0.2, 0.25) is 0 Å². The Bertz CT molecular complexity index is 705. The Balaban J connectivity index is 1.44. The molecule has 1 fully saturated rings. The van der Waals surface area contributed by atoms with Crippen LogP contribution in [-0.2, 0) is 6.54 Å². The lowest BCUT2D eigenvalue weighted by Gasteiger charge is -2.47. The highest BCUT2D eigenvalue weighted by Crippen LogP contribution is 2.43. The summed E-state index contributed by atoms with van der Waals surface area (Å²) in [5.74, 6) is 0.286. The second-order valence-corrected chi connectivity index (χ2v) is 7.50. The van der Waals surface area contributed by atoms with E-state index in [1.54, 1.807) is 12.1 Å². The molecule has 1 spiro atoms. The number of rotatable bonds is 2. The van der Waals surface area contributed by atoms with Crippen LogP contribution in [0.1, 0.15) is 43.2 Å². The second-order valence-electron chi connectivity index (χ2n) is 7.50. The Morgan fingerprint density at radius 3 is 2.62 bits per heavy atom. The number of hydrogen-bond donors (Lipinski definition) is 1. The summed E-state index contributed by atoms with van der Waals surface area (Å²) in [6.45, 7) is 5.50. The van der Waals surface area contributed by atoms with E-state index in [0.29, 0.717) is 5.92 Å². The number of hydrogen-bond acceptors (Lipinski definition) is 2. The minimum absolute atomic E-state index is 0.129. The van der Waals surface area contributed by atoms with Crippen molar-refractivity contribution in [3.63, 3.8) is 0 Å². The zero-order valence-corrected chi connectivity index (χ0v) is 14.3. The van der Waals surface area contributed by atoms with E-state index in [0.717, 1.165) is 50.1 Å². The van der Waals surface area contributed by atoms with Crippen molar-refractivity contribution in [1.82, 2.24) is 4.90 Å². The van der Waals surface area contributed by atoms with Crippen LogP contribution in [0.15, 0.2) is 48.5 Å². The van der Waals surface area contributed by atoms with Crippen LogP contribution in [0.4, 0.5) is 10.1 Å². The van der Waals surface area contributed by atoms with E-state index in [9.17, 15) is 4.39 Å². The number of nitrogens with zero attached hydrogens (tertiary/aromatic N) is 1. The number of fused-ring (bicyclic) bond motifs is 1. The molecule has 4 rings (SSSR count). The molecule has 126 valence electrons. The summed E-state index contributed by atoms with van der Waals surface area (Å²) in [5.41, 5.74) is 3.83. The lowest BCUT2D eigenvalue weighted by Crippen LogP contribution is -2.51. The monoisotopic (exact) mass is 324 g/mol. The molecule has 2 heterocycles. The molecule has 2 aromatic carbocycles. The lowest BCUT2D eigenvalue weighted by molar-refractivity contribution is 0.154. The van der Waals surface area contributed by atoms with Gasteiger partial charge in [-0.2, -0.15) is 0 Å². The van der Waals surface area contributed by atoms with Gasteiger partial charge in [-0.05, 0) is 54.5 Å². The summed E-state index contributed by atoms with van der Waals surface area (Å²) in [7, 11) is 0. The minimum atomic E-state index is -0.129. The van der Waals surface area contributed by atoms with Gasteiger partial charge in [0.1, 0.15) is 5.82 Å². The van der Waals surface area contributed by atoms with Crippen LogP contribution in [0.3, 0.4) is 0 Å². The standard InChI is InChI=1S/C21H25FN2/c1-16-14-21(23-20-8-7-18(22)13-19(16)20)9-11-24(12-10-21)15-17-5-3-2-4-6-17/h2-8,13,16,23H,9-12,14-15H2,1H3. The normalized spacial score (nSPS) is 22.8. The Kier molecular flexibility index (Phi) is 4.05. The molecular weight excluding hydrogens is 299 g/mol. The van der Waals surface area contributed by atoms with Crippen LogP contribution in [-0.4, -0.2) is 23.5 Å². The molecular formula is C21H25FN2. The maximum Gasteiger partial charge on any atom is 0.123 e.